The fraction of sp³-hybridized carbons (Fsp3) is 0.125. The lowest BCUT2D eigenvalue weighted by atomic mass is 10.1. The molecule has 0 bridgehead atoms. The summed E-state index contributed by atoms with van der Waals surface area (Å²) in [6, 6.07) is 15.8. The average molecular weight is 282 g/mol. The summed E-state index contributed by atoms with van der Waals surface area (Å²) in [5.74, 6) is 0. The summed E-state index contributed by atoms with van der Waals surface area (Å²) >= 11 is 1.71. The highest BCUT2D eigenvalue weighted by Crippen LogP contribution is 2.16. The molecule has 0 atom stereocenters. The van der Waals surface area contributed by atoms with Crippen molar-refractivity contribution < 1.29 is 0 Å². The lowest BCUT2D eigenvalue weighted by molar-refractivity contribution is 1.03. The van der Waals surface area contributed by atoms with Crippen LogP contribution in [0.5, 0.6) is 0 Å². The molecule has 0 aliphatic rings. The second-order valence-electron chi connectivity index (χ2n) is 4.55. The van der Waals surface area contributed by atoms with Gasteiger partial charge in [-0.15, -0.1) is 11.8 Å². The summed E-state index contributed by atoms with van der Waals surface area (Å²) in [5, 5.41) is 0. The van der Waals surface area contributed by atoms with Gasteiger partial charge in [-0.1, -0.05) is 24.3 Å². The number of hydrogen-bond acceptors (Lipinski definition) is 3. The van der Waals surface area contributed by atoms with Crippen LogP contribution in [0.25, 0.3) is 11.0 Å². The number of hydrogen-bond donors (Lipinski definition) is 1. The lowest BCUT2D eigenvalue weighted by Gasteiger charge is -2.04. The van der Waals surface area contributed by atoms with Gasteiger partial charge in [0.05, 0.1) is 11.0 Å². The number of H-pyrrole nitrogens is 1. The van der Waals surface area contributed by atoms with E-state index in [1.165, 1.54) is 4.90 Å². The van der Waals surface area contributed by atoms with Gasteiger partial charge >= 0.3 is 0 Å². The Labute approximate surface area is 121 Å². The number of benzene rings is 2. The predicted octanol–water partition coefficient (Wildman–Crippen LogP) is 3.24. The van der Waals surface area contributed by atoms with E-state index in [1.807, 2.05) is 42.7 Å². The average Bonchev–Trinajstić information content (AvgIpc) is 2.49. The third-order valence-corrected chi connectivity index (χ3v) is 3.94. The van der Waals surface area contributed by atoms with Crippen molar-refractivity contribution in [1.29, 1.82) is 0 Å². The molecule has 1 heterocycles. The number of aromatic amines is 1. The largest absolute Gasteiger partial charge is 0.319 e. The highest BCUT2D eigenvalue weighted by atomic mass is 32.2. The summed E-state index contributed by atoms with van der Waals surface area (Å²) in [7, 11) is 0. The smallest absolute Gasteiger partial charge is 0.270 e. The first-order chi connectivity index (χ1) is 9.76. The number of thioether (sulfide) groups is 1. The molecule has 0 saturated carbocycles. The van der Waals surface area contributed by atoms with Crippen LogP contribution in [-0.4, -0.2) is 16.2 Å². The molecule has 3 aromatic rings. The molecule has 0 fully saturated rings. The fourth-order valence-corrected chi connectivity index (χ4v) is 2.53. The number of fused-ring (bicyclic) bond motifs is 1. The Balaban J connectivity index is 1.97. The van der Waals surface area contributed by atoms with Crippen molar-refractivity contribution in [2.75, 3.05) is 6.26 Å². The van der Waals surface area contributed by atoms with Crippen LogP contribution in [0.4, 0.5) is 0 Å². The molecule has 20 heavy (non-hydrogen) atoms. The third-order valence-electron chi connectivity index (χ3n) is 3.20. The van der Waals surface area contributed by atoms with Crippen LogP contribution < -0.4 is 5.56 Å². The number of para-hydroxylation sites is 2. The second kappa shape index (κ2) is 5.51. The van der Waals surface area contributed by atoms with Crippen LogP contribution in [0.2, 0.25) is 0 Å². The van der Waals surface area contributed by atoms with Gasteiger partial charge in [0.2, 0.25) is 0 Å². The molecule has 1 aromatic heterocycles. The Bertz CT molecular complexity index is 793. The van der Waals surface area contributed by atoms with E-state index in [1.54, 1.807) is 11.8 Å². The van der Waals surface area contributed by atoms with Gasteiger partial charge in [0.15, 0.2) is 0 Å². The van der Waals surface area contributed by atoms with Gasteiger partial charge < -0.3 is 4.98 Å². The number of nitrogens with one attached hydrogen (secondary N) is 1. The molecule has 100 valence electrons. The number of aromatic nitrogens is 2. The van der Waals surface area contributed by atoms with Gasteiger partial charge in [-0.2, -0.15) is 0 Å². The van der Waals surface area contributed by atoms with Crippen LogP contribution in [0.1, 0.15) is 11.3 Å². The first kappa shape index (κ1) is 12.9. The maximum absolute atomic E-state index is 12.0. The molecule has 0 spiro atoms. The van der Waals surface area contributed by atoms with Crippen LogP contribution in [0.15, 0.2) is 58.2 Å². The zero-order valence-corrected chi connectivity index (χ0v) is 11.9. The SMILES string of the molecule is CSc1ccc(Cc2nc3ccccc3[nH]c2=O)cc1. The van der Waals surface area contributed by atoms with Crippen LogP contribution >= 0.6 is 11.8 Å². The zero-order chi connectivity index (χ0) is 13.9. The highest BCUT2D eigenvalue weighted by Gasteiger charge is 2.05. The minimum Gasteiger partial charge on any atom is -0.319 e. The molecule has 0 radical (unpaired) electrons. The molecular weight excluding hydrogens is 268 g/mol. The Morgan fingerprint density at radius 2 is 1.85 bits per heavy atom. The molecule has 0 aliphatic carbocycles. The highest BCUT2D eigenvalue weighted by molar-refractivity contribution is 7.98. The Morgan fingerprint density at radius 3 is 2.60 bits per heavy atom. The molecule has 1 N–H and O–H groups in total. The van der Waals surface area contributed by atoms with E-state index in [2.05, 4.69) is 22.1 Å². The molecule has 4 heteroatoms. The standard InChI is InChI=1S/C16H14N2OS/c1-20-12-8-6-11(7-9-12)10-15-16(19)18-14-5-3-2-4-13(14)17-15/h2-9H,10H2,1H3,(H,18,19). The lowest BCUT2D eigenvalue weighted by Crippen LogP contribution is -2.15. The monoisotopic (exact) mass is 282 g/mol. The number of rotatable bonds is 3. The summed E-state index contributed by atoms with van der Waals surface area (Å²) < 4.78 is 0. The summed E-state index contributed by atoms with van der Waals surface area (Å²) in [4.78, 5) is 20.6. The minimum absolute atomic E-state index is 0.113. The molecule has 0 unspecified atom stereocenters. The van der Waals surface area contributed by atoms with Gasteiger partial charge in [0.1, 0.15) is 5.69 Å². The molecule has 0 saturated heterocycles. The van der Waals surface area contributed by atoms with E-state index in [0.29, 0.717) is 12.1 Å². The van der Waals surface area contributed by atoms with Crippen molar-refractivity contribution in [2.45, 2.75) is 11.3 Å². The van der Waals surface area contributed by atoms with Crippen LogP contribution in [0, 0.1) is 0 Å². The second-order valence-corrected chi connectivity index (χ2v) is 5.43. The molecule has 3 nitrogen and oxygen atoms in total. The Kier molecular flexibility index (Phi) is 3.56. The predicted molar refractivity (Wildman–Crippen MR) is 83.4 cm³/mol. The first-order valence-corrected chi connectivity index (χ1v) is 7.59. The van der Waals surface area contributed by atoms with Crippen molar-refractivity contribution >= 4 is 22.8 Å². The maximum atomic E-state index is 12.0. The normalized spacial score (nSPS) is 10.8. The van der Waals surface area contributed by atoms with Gasteiger partial charge in [0, 0.05) is 11.3 Å². The first-order valence-electron chi connectivity index (χ1n) is 6.37. The molecule has 2 aromatic carbocycles. The molecule has 0 amide bonds. The fourth-order valence-electron chi connectivity index (χ4n) is 2.12. The van der Waals surface area contributed by atoms with Crippen molar-refractivity contribution in [3.05, 3.63) is 70.1 Å². The van der Waals surface area contributed by atoms with Crippen molar-refractivity contribution in [1.82, 2.24) is 9.97 Å². The maximum Gasteiger partial charge on any atom is 0.270 e. The zero-order valence-electron chi connectivity index (χ0n) is 11.1. The van der Waals surface area contributed by atoms with E-state index in [9.17, 15) is 4.79 Å². The quantitative estimate of drug-likeness (QED) is 0.750. The summed E-state index contributed by atoms with van der Waals surface area (Å²) in [5.41, 5.74) is 3.14. The number of nitrogens with zero attached hydrogens (tertiary/aromatic N) is 1. The van der Waals surface area contributed by atoms with E-state index in [4.69, 9.17) is 0 Å². The van der Waals surface area contributed by atoms with E-state index >= 15 is 0 Å². The van der Waals surface area contributed by atoms with Crippen LogP contribution in [0.3, 0.4) is 0 Å². The van der Waals surface area contributed by atoms with Crippen molar-refractivity contribution in [3.8, 4) is 0 Å². The third kappa shape index (κ3) is 2.60. The van der Waals surface area contributed by atoms with Crippen LogP contribution in [-0.2, 0) is 6.42 Å². The van der Waals surface area contributed by atoms with Gasteiger partial charge in [0.25, 0.3) is 5.56 Å². The molecule has 3 rings (SSSR count). The Hall–Kier alpha value is -2.07. The Morgan fingerprint density at radius 1 is 1.10 bits per heavy atom. The van der Waals surface area contributed by atoms with Gasteiger partial charge in [-0.3, -0.25) is 4.79 Å². The van der Waals surface area contributed by atoms with E-state index < -0.39 is 0 Å². The molecule has 0 aliphatic heterocycles. The van der Waals surface area contributed by atoms with Gasteiger partial charge in [-0.25, -0.2) is 4.98 Å². The minimum atomic E-state index is -0.113. The summed E-state index contributed by atoms with van der Waals surface area (Å²) in [6.07, 6.45) is 2.60. The summed E-state index contributed by atoms with van der Waals surface area (Å²) in [6.45, 7) is 0. The molecular formula is C16H14N2OS. The van der Waals surface area contributed by atoms with E-state index in [-0.39, 0.29) is 5.56 Å². The van der Waals surface area contributed by atoms with Crippen molar-refractivity contribution in [3.63, 3.8) is 0 Å². The van der Waals surface area contributed by atoms with Crippen molar-refractivity contribution in [2.24, 2.45) is 0 Å². The topological polar surface area (TPSA) is 45.8 Å². The van der Waals surface area contributed by atoms with E-state index in [0.717, 1.165) is 16.6 Å². The van der Waals surface area contributed by atoms with Gasteiger partial charge in [-0.05, 0) is 36.1 Å².